The zero-order valence-corrected chi connectivity index (χ0v) is 12.5. The number of ether oxygens (including phenoxy) is 2. The van der Waals surface area contributed by atoms with Crippen molar-refractivity contribution in [3.63, 3.8) is 0 Å². The second-order valence-corrected chi connectivity index (χ2v) is 5.17. The maximum absolute atomic E-state index is 11.1. The summed E-state index contributed by atoms with van der Waals surface area (Å²) in [7, 11) is 0. The highest BCUT2D eigenvalue weighted by molar-refractivity contribution is 5.90. The molecule has 0 amide bonds. The highest BCUT2D eigenvalue weighted by Gasteiger charge is 2.19. The van der Waals surface area contributed by atoms with Crippen LogP contribution < -0.4 is 4.74 Å². The van der Waals surface area contributed by atoms with Crippen LogP contribution in [0.1, 0.15) is 30.1 Å². The summed E-state index contributed by atoms with van der Waals surface area (Å²) >= 11 is 0. The van der Waals surface area contributed by atoms with E-state index >= 15 is 0 Å². The number of para-hydroxylation sites is 1. The van der Waals surface area contributed by atoms with Crippen molar-refractivity contribution in [2.45, 2.75) is 25.9 Å². The van der Waals surface area contributed by atoms with Crippen molar-refractivity contribution in [1.29, 1.82) is 0 Å². The van der Waals surface area contributed by atoms with Crippen LogP contribution in [0.5, 0.6) is 5.75 Å². The second-order valence-electron chi connectivity index (χ2n) is 5.17. The first-order chi connectivity index (χ1) is 10.2. The summed E-state index contributed by atoms with van der Waals surface area (Å²) in [5.74, 6) is -0.525. The van der Waals surface area contributed by atoms with Gasteiger partial charge in [0.05, 0.1) is 6.10 Å². The van der Waals surface area contributed by atoms with E-state index in [0.717, 1.165) is 39.1 Å². The molecule has 1 N–H and O–H groups in total. The number of piperidine rings is 1. The van der Waals surface area contributed by atoms with Crippen molar-refractivity contribution in [3.05, 3.63) is 29.8 Å². The van der Waals surface area contributed by atoms with Gasteiger partial charge in [-0.2, -0.15) is 0 Å². The highest BCUT2D eigenvalue weighted by Crippen LogP contribution is 2.18. The molecule has 1 fully saturated rings. The second kappa shape index (κ2) is 8.00. The van der Waals surface area contributed by atoms with Gasteiger partial charge in [0.15, 0.2) is 0 Å². The van der Waals surface area contributed by atoms with E-state index in [1.54, 1.807) is 24.3 Å². The van der Waals surface area contributed by atoms with Crippen molar-refractivity contribution in [1.82, 2.24) is 4.90 Å². The number of carbonyl (C=O) groups is 1. The molecule has 0 spiro atoms. The average molecular weight is 293 g/mol. The Kier molecular flexibility index (Phi) is 6.02. The smallest absolute Gasteiger partial charge is 0.339 e. The molecule has 0 radical (unpaired) electrons. The summed E-state index contributed by atoms with van der Waals surface area (Å²) in [4.78, 5) is 13.4. The molecule has 1 heterocycles. The van der Waals surface area contributed by atoms with Gasteiger partial charge in [-0.1, -0.05) is 12.1 Å². The molecule has 0 aromatic heterocycles. The van der Waals surface area contributed by atoms with Crippen LogP contribution in [-0.4, -0.2) is 54.9 Å². The zero-order chi connectivity index (χ0) is 15.1. The molecular weight excluding hydrogens is 270 g/mol. The Morgan fingerprint density at radius 1 is 1.43 bits per heavy atom. The van der Waals surface area contributed by atoms with Crippen molar-refractivity contribution in [3.8, 4) is 5.75 Å². The molecular formula is C16H23NO4. The fraction of sp³-hybridized carbons (Fsp3) is 0.562. The first kappa shape index (κ1) is 15.8. The summed E-state index contributed by atoms with van der Waals surface area (Å²) in [6, 6.07) is 6.74. The van der Waals surface area contributed by atoms with Gasteiger partial charge in [-0.25, -0.2) is 4.79 Å². The van der Waals surface area contributed by atoms with Gasteiger partial charge >= 0.3 is 5.97 Å². The van der Waals surface area contributed by atoms with E-state index in [0.29, 0.717) is 18.5 Å². The standard InChI is InChI=1S/C16H23NO4/c1-2-20-13-6-5-9-17(12-13)10-11-21-15-8-4-3-7-14(15)16(18)19/h3-4,7-8,13H,2,5-6,9-12H2,1H3,(H,18,19)/t13-/m0/s1. The summed E-state index contributed by atoms with van der Waals surface area (Å²) in [5.41, 5.74) is 0.211. The number of hydrogen-bond acceptors (Lipinski definition) is 4. The number of rotatable bonds is 7. The minimum absolute atomic E-state index is 0.211. The topological polar surface area (TPSA) is 59.0 Å². The van der Waals surface area contributed by atoms with Gasteiger partial charge in [-0.15, -0.1) is 0 Å². The molecule has 1 atom stereocenters. The number of nitrogens with zero attached hydrogens (tertiary/aromatic N) is 1. The summed E-state index contributed by atoms with van der Waals surface area (Å²) in [5, 5.41) is 9.10. The molecule has 0 saturated carbocycles. The molecule has 0 bridgehead atoms. The fourth-order valence-electron chi connectivity index (χ4n) is 2.64. The molecule has 1 aliphatic heterocycles. The number of hydrogen-bond donors (Lipinski definition) is 1. The first-order valence-electron chi connectivity index (χ1n) is 7.49. The third kappa shape index (κ3) is 4.72. The van der Waals surface area contributed by atoms with Crippen LogP contribution in [0.25, 0.3) is 0 Å². The van der Waals surface area contributed by atoms with Crippen molar-refractivity contribution in [2.75, 3.05) is 32.8 Å². The maximum Gasteiger partial charge on any atom is 0.339 e. The molecule has 1 aromatic rings. The largest absolute Gasteiger partial charge is 0.491 e. The SMILES string of the molecule is CCO[C@H]1CCCN(CCOc2ccccc2C(=O)O)C1. The fourth-order valence-corrected chi connectivity index (χ4v) is 2.64. The lowest BCUT2D eigenvalue weighted by molar-refractivity contribution is 0.00302. The molecule has 1 saturated heterocycles. The van der Waals surface area contributed by atoms with Gasteiger partial charge in [0.2, 0.25) is 0 Å². The third-order valence-electron chi connectivity index (χ3n) is 3.65. The molecule has 0 aliphatic carbocycles. The van der Waals surface area contributed by atoms with Gasteiger partial charge in [0.1, 0.15) is 17.9 Å². The molecule has 2 rings (SSSR count). The van der Waals surface area contributed by atoms with Crippen LogP contribution >= 0.6 is 0 Å². The van der Waals surface area contributed by atoms with Crippen molar-refractivity contribution < 1.29 is 19.4 Å². The van der Waals surface area contributed by atoms with Crippen LogP contribution in [0.4, 0.5) is 0 Å². The quantitative estimate of drug-likeness (QED) is 0.835. The minimum atomic E-state index is -0.958. The van der Waals surface area contributed by atoms with E-state index in [1.165, 1.54) is 0 Å². The Hall–Kier alpha value is -1.59. The van der Waals surface area contributed by atoms with Gasteiger partial charge in [-0.05, 0) is 38.4 Å². The van der Waals surface area contributed by atoms with Crippen LogP contribution in [0, 0.1) is 0 Å². The minimum Gasteiger partial charge on any atom is -0.491 e. The molecule has 5 heteroatoms. The van der Waals surface area contributed by atoms with Gasteiger partial charge in [-0.3, -0.25) is 4.90 Å². The molecule has 116 valence electrons. The van der Waals surface area contributed by atoms with Gasteiger partial charge < -0.3 is 14.6 Å². The van der Waals surface area contributed by atoms with E-state index in [1.807, 2.05) is 6.92 Å². The maximum atomic E-state index is 11.1. The predicted molar refractivity (Wildman–Crippen MR) is 80.0 cm³/mol. The monoisotopic (exact) mass is 293 g/mol. The van der Waals surface area contributed by atoms with Crippen LogP contribution in [0.2, 0.25) is 0 Å². The van der Waals surface area contributed by atoms with Crippen LogP contribution in [-0.2, 0) is 4.74 Å². The Morgan fingerprint density at radius 3 is 3.00 bits per heavy atom. The zero-order valence-electron chi connectivity index (χ0n) is 12.5. The Labute approximate surface area is 125 Å². The van der Waals surface area contributed by atoms with Crippen LogP contribution in [0.15, 0.2) is 24.3 Å². The van der Waals surface area contributed by atoms with Crippen molar-refractivity contribution >= 4 is 5.97 Å². The number of carboxylic acids is 1. The van der Waals surface area contributed by atoms with Gasteiger partial charge in [0, 0.05) is 19.7 Å². The Bertz CT molecular complexity index is 461. The van der Waals surface area contributed by atoms with E-state index in [9.17, 15) is 4.79 Å². The molecule has 0 unspecified atom stereocenters. The summed E-state index contributed by atoms with van der Waals surface area (Å²) in [6.07, 6.45) is 2.57. The first-order valence-corrected chi connectivity index (χ1v) is 7.49. The van der Waals surface area contributed by atoms with E-state index < -0.39 is 5.97 Å². The Morgan fingerprint density at radius 2 is 2.24 bits per heavy atom. The molecule has 1 aliphatic rings. The highest BCUT2D eigenvalue weighted by atomic mass is 16.5. The lowest BCUT2D eigenvalue weighted by Gasteiger charge is -2.32. The number of carboxylic acid groups (broad SMARTS) is 1. The van der Waals surface area contributed by atoms with Gasteiger partial charge in [0.25, 0.3) is 0 Å². The van der Waals surface area contributed by atoms with Crippen LogP contribution in [0.3, 0.4) is 0 Å². The number of aromatic carboxylic acids is 1. The molecule has 21 heavy (non-hydrogen) atoms. The number of benzene rings is 1. The molecule has 1 aromatic carbocycles. The Balaban J connectivity index is 1.80. The third-order valence-corrected chi connectivity index (χ3v) is 3.65. The lowest BCUT2D eigenvalue weighted by atomic mass is 10.1. The summed E-state index contributed by atoms with van der Waals surface area (Å²) in [6.45, 7) is 6.03. The van der Waals surface area contributed by atoms with Crippen molar-refractivity contribution in [2.24, 2.45) is 0 Å². The lowest BCUT2D eigenvalue weighted by Crippen LogP contribution is -2.41. The molecule has 5 nitrogen and oxygen atoms in total. The summed E-state index contributed by atoms with van der Waals surface area (Å²) < 4.78 is 11.3. The van der Waals surface area contributed by atoms with E-state index in [4.69, 9.17) is 14.6 Å². The van der Waals surface area contributed by atoms with E-state index in [-0.39, 0.29) is 5.56 Å². The normalized spacial score (nSPS) is 19.4. The average Bonchev–Trinajstić information content (AvgIpc) is 2.48. The number of likely N-dealkylation sites (tertiary alicyclic amines) is 1. The van der Waals surface area contributed by atoms with E-state index in [2.05, 4.69) is 4.90 Å². The predicted octanol–water partition coefficient (Wildman–Crippen LogP) is 2.26.